The number of hydrogen-bond donors (Lipinski definition) is 1. The molecule has 3 heteroatoms. The maximum Gasteiger partial charge on any atom is 0.220 e. The van der Waals surface area contributed by atoms with Crippen molar-refractivity contribution in [3.63, 3.8) is 0 Å². The van der Waals surface area contributed by atoms with Gasteiger partial charge in [0.15, 0.2) is 0 Å². The Bertz CT molecular complexity index is 399. The number of rotatable bonds is 7. The van der Waals surface area contributed by atoms with Crippen molar-refractivity contribution in [3.8, 4) is 5.75 Å². The van der Waals surface area contributed by atoms with Crippen molar-refractivity contribution in [2.45, 2.75) is 26.2 Å². The smallest absolute Gasteiger partial charge is 0.220 e. The van der Waals surface area contributed by atoms with Crippen LogP contribution in [0.1, 0.15) is 25.3 Å². The van der Waals surface area contributed by atoms with Crippen molar-refractivity contribution >= 4 is 5.91 Å². The van der Waals surface area contributed by atoms with E-state index in [1.807, 2.05) is 43.3 Å². The number of allylic oxidation sites excluding steroid dienone is 1. The van der Waals surface area contributed by atoms with Crippen LogP contribution in [0.2, 0.25) is 0 Å². The van der Waals surface area contributed by atoms with Crippen LogP contribution in [-0.4, -0.2) is 19.6 Å². The summed E-state index contributed by atoms with van der Waals surface area (Å²) in [5, 5.41) is 2.89. The maximum atomic E-state index is 11.6. The van der Waals surface area contributed by atoms with Crippen molar-refractivity contribution in [1.29, 1.82) is 0 Å². The summed E-state index contributed by atoms with van der Waals surface area (Å²) in [6, 6.07) is 7.80. The Morgan fingerprint density at radius 2 is 2.17 bits per heavy atom. The van der Waals surface area contributed by atoms with Crippen LogP contribution in [0.3, 0.4) is 0 Å². The van der Waals surface area contributed by atoms with Gasteiger partial charge in [-0.2, -0.15) is 0 Å². The van der Waals surface area contributed by atoms with Crippen LogP contribution in [0.4, 0.5) is 0 Å². The molecule has 3 nitrogen and oxygen atoms in total. The lowest BCUT2D eigenvalue weighted by atomic mass is 10.1. The van der Waals surface area contributed by atoms with Crippen molar-refractivity contribution in [2.24, 2.45) is 0 Å². The lowest BCUT2D eigenvalue weighted by Crippen LogP contribution is -2.24. The molecule has 1 aromatic rings. The number of para-hydroxylation sites is 1. The van der Waals surface area contributed by atoms with Gasteiger partial charge in [-0.1, -0.05) is 30.4 Å². The van der Waals surface area contributed by atoms with Gasteiger partial charge in [-0.15, -0.1) is 0 Å². The highest BCUT2D eigenvalue weighted by Gasteiger charge is 2.05. The summed E-state index contributed by atoms with van der Waals surface area (Å²) < 4.78 is 5.25. The fraction of sp³-hybridized carbons (Fsp3) is 0.400. The number of methoxy groups -OCH3 is 1. The van der Waals surface area contributed by atoms with E-state index in [4.69, 9.17) is 4.74 Å². The number of aryl methyl sites for hydroxylation is 1. The van der Waals surface area contributed by atoms with Gasteiger partial charge in [0.2, 0.25) is 5.91 Å². The van der Waals surface area contributed by atoms with Gasteiger partial charge in [-0.3, -0.25) is 4.79 Å². The molecule has 18 heavy (non-hydrogen) atoms. The molecular formula is C15H21NO2. The first kappa shape index (κ1) is 14.3. The molecule has 0 bridgehead atoms. The quantitative estimate of drug-likeness (QED) is 0.594. The molecule has 98 valence electrons. The van der Waals surface area contributed by atoms with Gasteiger partial charge in [0.25, 0.3) is 0 Å². The summed E-state index contributed by atoms with van der Waals surface area (Å²) in [7, 11) is 1.65. The summed E-state index contributed by atoms with van der Waals surface area (Å²) in [5.74, 6) is 0.935. The Hall–Kier alpha value is -1.77. The minimum absolute atomic E-state index is 0.0883. The molecule has 0 saturated heterocycles. The van der Waals surface area contributed by atoms with E-state index in [0.717, 1.165) is 17.7 Å². The van der Waals surface area contributed by atoms with Crippen LogP contribution in [0.25, 0.3) is 0 Å². The van der Waals surface area contributed by atoms with Gasteiger partial charge >= 0.3 is 0 Å². The van der Waals surface area contributed by atoms with Crippen molar-refractivity contribution < 1.29 is 9.53 Å². The van der Waals surface area contributed by atoms with E-state index in [1.54, 1.807) is 7.11 Å². The number of carbonyl (C=O) groups is 1. The van der Waals surface area contributed by atoms with Crippen LogP contribution >= 0.6 is 0 Å². The fourth-order valence-corrected chi connectivity index (χ4v) is 1.71. The van der Waals surface area contributed by atoms with E-state index in [9.17, 15) is 4.79 Å². The molecule has 0 aliphatic heterocycles. The Balaban J connectivity index is 2.33. The second-order valence-corrected chi connectivity index (χ2v) is 4.02. The molecular weight excluding hydrogens is 226 g/mol. The minimum atomic E-state index is 0.0883. The fourth-order valence-electron chi connectivity index (χ4n) is 1.71. The van der Waals surface area contributed by atoms with Gasteiger partial charge in [0.05, 0.1) is 7.11 Å². The highest BCUT2D eigenvalue weighted by Crippen LogP contribution is 2.18. The van der Waals surface area contributed by atoms with E-state index in [0.29, 0.717) is 19.4 Å². The monoisotopic (exact) mass is 247 g/mol. The van der Waals surface area contributed by atoms with Gasteiger partial charge in [-0.05, 0) is 31.4 Å². The number of amides is 1. The molecule has 1 amide bonds. The van der Waals surface area contributed by atoms with Crippen molar-refractivity contribution in [3.05, 3.63) is 42.0 Å². The zero-order valence-corrected chi connectivity index (χ0v) is 11.1. The van der Waals surface area contributed by atoms with Crippen LogP contribution < -0.4 is 10.1 Å². The largest absolute Gasteiger partial charge is 0.496 e. The predicted molar refractivity (Wildman–Crippen MR) is 73.8 cm³/mol. The lowest BCUT2D eigenvalue weighted by molar-refractivity contribution is -0.121. The first-order valence-corrected chi connectivity index (χ1v) is 6.27. The summed E-state index contributed by atoms with van der Waals surface area (Å²) >= 11 is 0. The molecule has 0 aliphatic carbocycles. The summed E-state index contributed by atoms with van der Waals surface area (Å²) in [4.78, 5) is 11.6. The molecule has 0 aromatic heterocycles. The number of ether oxygens (including phenoxy) is 1. The molecule has 1 aromatic carbocycles. The van der Waals surface area contributed by atoms with Crippen LogP contribution in [0, 0.1) is 0 Å². The third-order valence-corrected chi connectivity index (χ3v) is 2.68. The van der Waals surface area contributed by atoms with E-state index in [-0.39, 0.29) is 5.91 Å². The second kappa shape index (κ2) is 8.34. The molecule has 0 saturated carbocycles. The Labute approximate surface area is 109 Å². The van der Waals surface area contributed by atoms with E-state index < -0.39 is 0 Å². The normalized spacial score (nSPS) is 10.6. The molecule has 0 atom stereocenters. The molecule has 0 heterocycles. The molecule has 1 rings (SSSR count). The number of nitrogens with one attached hydrogen (secondary N) is 1. The lowest BCUT2D eigenvalue weighted by Gasteiger charge is -2.08. The first-order valence-electron chi connectivity index (χ1n) is 6.27. The standard InChI is InChI=1S/C15H21NO2/c1-3-4-7-12-16-15(17)11-10-13-8-5-6-9-14(13)18-2/h3-6,8-9H,7,10-12H2,1-2H3,(H,16,17)/b4-3+. The van der Waals surface area contributed by atoms with E-state index in [1.165, 1.54) is 0 Å². The highest BCUT2D eigenvalue weighted by molar-refractivity contribution is 5.76. The summed E-state index contributed by atoms with van der Waals surface area (Å²) in [6.45, 7) is 2.68. The summed E-state index contributed by atoms with van der Waals surface area (Å²) in [5.41, 5.74) is 1.07. The third-order valence-electron chi connectivity index (χ3n) is 2.68. The topological polar surface area (TPSA) is 38.3 Å². The maximum absolute atomic E-state index is 11.6. The second-order valence-electron chi connectivity index (χ2n) is 4.02. The Morgan fingerprint density at radius 3 is 2.89 bits per heavy atom. The van der Waals surface area contributed by atoms with E-state index in [2.05, 4.69) is 5.32 Å². The number of carbonyl (C=O) groups excluding carboxylic acids is 1. The first-order chi connectivity index (χ1) is 8.77. The van der Waals surface area contributed by atoms with Crippen molar-refractivity contribution in [2.75, 3.05) is 13.7 Å². The Kier molecular flexibility index (Phi) is 6.62. The highest BCUT2D eigenvalue weighted by atomic mass is 16.5. The number of benzene rings is 1. The van der Waals surface area contributed by atoms with Crippen molar-refractivity contribution in [1.82, 2.24) is 5.32 Å². The average molecular weight is 247 g/mol. The van der Waals surface area contributed by atoms with Crippen LogP contribution in [-0.2, 0) is 11.2 Å². The SMILES string of the molecule is C/C=C/CCNC(=O)CCc1ccccc1OC. The minimum Gasteiger partial charge on any atom is -0.496 e. The summed E-state index contributed by atoms with van der Waals surface area (Å²) in [6.07, 6.45) is 6.12. The third kappa shape index (κ3) is 5.04. The van der Waals surface area contributed by atoms with Gasteiger partial charge in [0, 0.05) is 13.0 Å². The van der Waals surface area contributed by atoms with Gasteiger partial charge in [0.1, 0.15) is 5.75 Å². The average Bonchev–Trinajstić information content (AvgIpc) is 2.41. The van der Waals surface area contributed by atoms with Crippen LogP contribution in [0.5, 0.6) is 5.75 Å². The zero-order valence-electron chi connectivity index (χ0n) is 11.1. The molecule has 0 fully saturated rings. The van der Waals surface area contributed by atoms with Gasteiger partial charge in [-0.25, -0.2) is 0 Å². The molecule has 1 N–H and O–H groups in total. The molecule has 0 unspecified atom stereocenters. The van der Waals surface area contributed by atoms with Crippen LogP contribution in [0.15, 0.2) is 36.4 Å². The molecule has 0 radical (unpaired) electrons. The van der Waals surface area contributed by atoms with Gasteiger partial charge < -0.3 is 10.1 Å². The molecule has 0 spiro atoms. The zero-order chi connectivity index (χ0) is 13.2. The molecule has 0 aliphatic rings. The Morgan fingerprint density at radius 1 is 1.39 bits per heavy atom. The van der Waals surface area contributed by atoms with E-state index >= 15 is 0 Å². The number of hydrogen-bond acceptors (Lipinski definition) is 2. The predicted octanol–water partition coefficient (Wildman–Crippen LogP) is 2.71.